The molecule has 2 aromatic carbocycles. The minimum absolute atomic E-state index is 0.0685. The summed E-state index contributed by atoms with van der Waals surface area (Å²) in [6, 6.07) is 11.4. The average molecular weight is 525 g/mol. The predicted molar refractivity (Wildman–Crippen MR) is 138 cm³/mol. The first kappa shape index (κ1) is 26.0. The Morgan fingerprint density at radius 1 is 0.947 bits per heavy atom. The van der Waals surface area contributed by atoms with Crippen LogP contribution in [0.2, 0.25) is 0 Å². The minimum Gasteiger partial charge on any atom is -0.496 e. The Morgan fingerprint density at radius 3 is 2.34 bits per heavy atom. The monoisotopic (exact) mass is 524 g/mol. The number of carboxylic acid groups (broad SMARTS) is 1. The molecule has 0 heterocycles. The summed E-state index contributed by atoms with van der Waals surface area (Å²) in [5, 5.41) is 15.3. The molecule has 9 heteroatoms. The van der Waals surface area contributed by atoms with Crippen LogP contribution in [0.25, 0.3) is 0 Å². The van der Waals surface area contributed by atoms with E-state index in [2.05, 4.69) is 10.6 Å². The summed E-state index contributed by atoms with van der Waals surface area (Å²) in [5.74, 6) is -2.40. The summed E-state index contributed by atoms with van der Waals surface area (Å²) >= 11 is 0. The molecule has 0 unspecified atom stereocenters. The number of amides is 2. The van der Waals surface area contributed by atoms with Crippen molar-refractivity contribution in [2.24, 2.45) is 23.7 Å². The van der Waals surface area contributed by atoms with Gasteiger partial charge in [0.1, 0.15) is 5.75 Å². The lowest BCUT2D eigenvalue weighted by Gasteiger charge is -2.31. The normalized spacial score (nSPS) is 27.9. The van der Waals surface area contributed by atoms with E-state index in [1.54, 1.807) is 0 Å². The molecule has 4 atom stereocenters. The SMILES string of the molecule is COc1cc(F)c(OC2CCC(C(=O)O)CC2)cc1C(=O)N[C@@H]1[C@H]2CC[C@H](C2)[C@@H]1C(=O)Nc1ccccc1. The van der Waals surface area contributed by atoms with E-state index in [1.807, 2.05) is 30.3 Å². The van der Waals surface area contributed by atoms with Crippen LogP contribution in [0.4, 0.5) is 10.1 Å². The highest BCUT2D eigenvalue weighted by Crippen LogP contribution is 2.49. The number of methoxy groups -OCH3 is 1. The fourth-order valence-electron chi connectivity index (χ4n) is 6.43. The molecule has 0 aromatic heterocycles. The second kappa shape index (κ2) is 11.0. The van der Waals surface area contributed by atoms with Gasteiger partial charge in [0.15, 0.2) is 11.6 Å². The Labute approximate surface area is 220 Å². The third kappa shape index (κ3) is 5.33. The van der Waals surface area contributed by atoms with Gasteiger partial charge in [0.05, 0.1) is 30.6 Å². The van der Waals surface area contributed by atoms with Crippen molar-refractivity contribution in [1.82, 2.24) is 5.32 Å². The molecule has 0 spiro atoms. The van der Waals surface area contributed by atoms with Gasteiger partial charge in [-0.1, -0.05) is 18.2 Å². The molecule has 8 nitrogen and oxygen atoms in total. The third-order valence-corrected chi connectivity index (χ3v) is 8.37. The first-order valence-corrected chi connectivity index (χ1v) is 13.3. The summed E-state index contributed by atoms with van der Waals surface area (Å²) in [7, 11) is 1.37. The Morgan fingerprint density at radius 2 is 1.66 bits per heavy atom. The maximum absolute atomic E-state index is 14.9. The number of benzene rings is 2. The third-order valence-electron chi connectivity index (χ3n) is 8.37. The van der Waals surface area contributed by atoms with Crippen LogP contribution < -0.4 is 20.1 Å². The topological polar surface area (TPSA) is 114 Å². The molecule has 3 aliphatic rings. The van der Waals surface area contributed by atoms with Gasteiger partial charge in [0.25, 0.3) is 5.91 Å². The number of anilines is 1. The lowest BCUT2D eigenvalue weighted by atomic mass is 9.83. The first-order chi connectivity index (χ1) is 18.3. The number of carboxylic acids is 1. The molecule has 3 fully saturated rings. The van der Waals surface area contributed by atoms with Gasteiger partial charge in [-0.05, 0) is 75.0 Å². The summed E-state index contributed by atoms with van der Waals surface area (Å²) in [5.41, 5.74) is 0.845. The summed E-state index contributed by atoms with van der Waals surface area (Å²) < 4.78 is 26.1. The molecule has 0 saturated heterocycles. The van der Waals surface area contributed by atoms with Gasteiger partial charge in [-0.2, -0.15) is 0 Å². The molecule has 2 aromatic rings. The van der Waals surface area contributed by atoms with Gasteiger partial charge >= 0.3 is 5.97 Å². The Hall–Kier alpha value is -3.62. The van der Waals surface area contributed by atoms with Crippen LogP contribution >= 0.6 is 0 Å². The maximum Gasteiger partial charge on any atom is 0.306 e. The van der Waals surface area contributed by atoms with Gasteiger partial charge in [0.2, 0.25) is 5.91 Å². The molecular weight excluding hydrogens is 491 g/mol. The number of carbonyl (C=O) groups excluding carboxylic acids is 2. The smallest absolute Gasteiger partial charge is 0.306 e. The highest BCUT2D eigenvalue weighted by atomic mass is 19.1. The number of nitrogens with one attached hydrogen (secondary N) is 2. The molecule has 3 aliphatic carbocycles. The van der Waals surface area contributed by atoms with Crippen molar-refractivity contribution in [1.29, 1.82) is 0 Å². The number of ether oxygens (including phenoxy) is 2. The van der Waals surface area contributed by atoms with E-state index in [9.17, 15) is 23.9 Å². The lowest BCUT2D eigenvalue weighted by Crippen LogP contribution is -2.48. The summed E-state index contributed by atoms with van der Waals surface area (Å²) in [6.45, 7) is 0. The van der Waals surface area contributed by atoms with Gasteiger partial charge in [-0.25, -0.2) is 4.39 Å². The second-order valence-corrected chi connectivity index (χ2v) is 10.6. The Balaban J connectivity index is 1.31. The number of halogens is 1. The van der Waals surface area contributed by atoms with Crippen LogP contribution in [-0.4, -0.2) is 42.1 Å². The van der Waals surface area contributed by atoms with E-state index >= 15 is 0 Å². The van der Waals surface area contributed by atoms with E-state index < -0.39 is 23.6 Å². The molecule has 2 amide bonds. The van der Waals surface area contributed by atoms with E-state index in [0.29, 0.717) is 31.4 Å². The Bertz CT molecular complexity index is 1200. The zero-order valence-corrected chi connectivity index (χ0v) is 21.3. The lowest BCUT2D eigenvalue weighted by molar-refractivity contribution is -0.143. The minimum atomic E-state index is -0.825. The zero-order valence-electron chi connectivity index (χ0n) is 21.3. The van der Waals surface area contributed by atoms with Gasteiger partial charge < -0.3 is 25.2 Å². The van der Waals surface area contributed by atoms with Gasteiger partial charge in [-0.3, -0.25) is 14.4 Å². The molecular formula is C29H33FN2O6. The molecule has 3 saturated carbocycles. The number of carbonyl (C=O) groups is 3. The number of hydrogen-bond donors (Lipinski definition) is 3. The van der Waals surface area contributed by atoms with Crippen LogP contribution in [0.3, 0.4) is 0 Å². The van der Waals surface area contributed by atoms with E-state index in [-0.39, 0.29) is 52.9 Å². The van der Waals surface area contributed by atoms with Crippen molar-refractivity contribution >= 4 is 23.5 Å². The standard InChI is InChI=1S/C29H33FN2O6/c1-37-23-15-22(30)24(38-20-11-9-16(10-12-20)29(35)36)14-21(23)27(33)32-26-18-8-7-17(13-18)25(26)28(34)31-19-5-3-2-4-6-19/h2-6,14-18,20,25-26H,7-13H2,1H3,(H,31,34)(H,32,33)(H,35,36)/t16?,17-,18+,20?,25+,26-/m1/s1. The quantitative estimate of drug-likeness (QED) is 0.464. The van der Waals surface area contributed by atoms with Crippen LogP contribution in [-0.2, 0) is 9.59 Å². The van der Waals surface area contributed by atoms with Crippen LogP contribution in [0.15, 0.2) is 42.5 Å². The van der Waals surface area contributed by atoms with Crippen molar-refractivity contribution in [2.45, 2.75) is 57.1 Å². The van der Waals surface area contributed by atoms with Gasteiger partial charge in [-0.15, -0.1) is 0 Å². The zero-order chi connectivity index (χ0) is 26.8. The first-order valence-electron chi connectivity index (χ1n) is 13.3. The molecule has 5 rings (SSSR count). The van der Waals surface area contributed by atoms with Crippen LogP contribution in [0.1, 0.15) is 55.3 Å². The summed E-state index contributed by atoms with van der Waals surface area (Å²) in [6.07, 6.45) is 4.35. The largest absolute Gasteiger partial charge is 0.496 e. The summed E-state index contributed by atoms with van der Waals surface area (Å²) in [4.78, 5) is 38.0. The van der Waals surface area contributed by atoms with E-state index in [4.69, 9.17) is 9.47 Å². The van der Waals surface area contributed by atoms with E-state index in [0.717, 1.165) is 25.3 Å². The highest BCUT2D eigenvalue weighted by Gasteiger charge is 2.51. The molecule has 0 aliphatic heterocycles. The molecule has 0 radical (unpaired) electrons. The van der Waals surface area contributed by atoms with Gasteiger partial charge in [0, 0.05) is 17.8 Å². The molecule has 202 valence electrons. The number of para-hydroxylation sites is 1. The fourth-order valence-corrected chi connectivity index (χ4v) is 6.43. The number of hydrogen-bond acceptors (Lipinski definition) is 5. The highest BCUT2D eigenvalue weighted by molar-refractivity contribution is 5.99. The van der Waals surface area contributed by atoms with Crippen molar-refractivity contribution in [3.8, 4) is 11.5 Å². The second-order valence-electron chi connectivity index (χ2n) is 10.6. The molecule has 38 heavy (non-hydrogen) atoms. The van der Waals surface area contributed by atoms with Crippen molar-refractivity contribution in [3.63, 3.8) is 0 Å². The number of fused-ring (bicyclic) bond motifs is 2. The Kier molecular flexibility index (Phi) is 7.53. The number of aliphatic carboxylic acids is 1. The van der Waals surface area contributed by atoms with E-state index in [1.165, 1.54) is 13.2 Å². The van der Waals surface area contributed by atoms with Crippen LogP contribution in [0, 0.1) is 29.5 Å². The maximum atomic E-state index is 14.9. The van der Waals surface area contributed by atoms with Crippen molar-refractivity contribution in [2.75, 3.05) is 12.4 Å². The average Bonchev–Trinajstić information content (AvgIpc) is 3.52. The fraction of sp³-hybridized carbons (Fsp3) is 0.483. The number of rotatable bonds is 8. The van der Waals surface area contributed by atoms with Crippen molar-refractivity contribution < 1.29 is 33.4 Å². The molecule has 2 bridgehead atoms. The predicted octanol–water partition coefficient (Wildman–Crippen LogP) is 4.64. The van der Waals surface area contributed by atoms with Crippen LogP contribution in [0.5, 0.6) is 11.5 Å². The van der Waals surface area contributed by atoms with Crippen molar-refractivity contribution in [3.05, 3.63) is 53.8 Å². The molecule has 3 N–H and O–H groups in total.